The third-order valence-electron chi connectivity index (χ3n) is 12.7. The van der Waals surface area contributed by atoms with Crippen molar-refractivity contribution >= 4 is 17.9 Å². The topological polar surface area (TPSA) is 78.9 Å². The average Bonchev–Trinajstić information content (AvgIpc) is 3.23. The SMILES string of the molecule is CCCCCCCCCCCC(=O)O[C@@H](COC(=O)CCCCCCCCCCCCCCCCC(C)CC)COC(=O)CCCCCCCCCCCCC(C)CC. The zero-order valence-corrected chi connectivity index (χ0v) is 40.4. The molecule has 0 saturated carbocycles. The van der Waals surface area contributed by atoms with Crippen molar-refractivity contribution in [2.75, 3.05) is 13.2 Å². The van der Waals surface area contributed by atoms with E-state index >= 15 is 0 Å². The van der Waals surface area contributed by atoms with Crippen LogP contribution in [0.15, 0.2) is 0 Å². The minimum atomic E-state index is -0.761. The van der Waals surface area contributed by atoms with E-state index in [2.05, 4.69) is 34.6 Å². The molecule has 0 bridgehead atoms. The summed E-state index contributed by atoms with van der Waals surface area (Å²) in [6.45, 7) is 11.4. The average molecular weight is 835 g/mol. The largest absolute Gasteiger partial charge is 0.462 e. The summed E-state index contributed by atoms with van der Waals surface area (Å²) in [5.41, 5.74) is 0. The molecule has 0 rings (SSSR count). The van der Waals surface area contributed by atoms with Gasteiger partial charge in [-0.2, -0.15) is 0 Å². The Morgan fingerprint density at radius 1 is 0.339 bits per heavy atom. The molecule has 6 nitrogen and oxygen atoms in total. The standard InChI is InChI=1S/C53H102O6/c1-6-9-10-11-12-21-30-35-40-45-53(56)59-50(47-58-52(55)44-39-34-29-25-20-19-23-27-32-37-42-49(5)8-3)46-57-51(54)43-38-33-28-24-18-16-14-13-15-17-22-26-31-36-41-48(4)7-2/h48-50H,6-47H2,1-5H3/t48?,49?,50-/m0/s1. The zero-order chi connectivity index (χ0) is 43.3. The van der Waals surface area contributed by atoms with E-state index < -0.39 is 6.10 Å². The highest BCUT2D eigenvalue weighted by molar-refractivity contribution is 5.71. The van der Waals surface area contributed by atoms with Crippen LogP contribution in [0.1, 0.15) is 291 Å². The highest BCUT2D eigenvalue weighted by Crippen LogP contribution is 2.18. The zero-order valence-electron chi connectivity index (χ0n) is 40.4. The Labute approximate surface area is 368 Å². The molecule has 59 heavy (non-hydrogen) atoms. The fraction of sp³-hybridized carbons (Fsp3) is 0.943. The Hall–Kier alpha value is -1.59. The van der Waals surface area contributed by atoms with E-state index in [1.54, 1.807) is 0 Å². The molecule has 0 fully saturated rings. The van der Waals surface area contributed by atoms with Crippen molar-refractivity contribution in [2.45, 2.75) is 298 Å². The van der Waals surface area contributed by atoms with Gasteiger partial charge in [0, 0.05) is 19.3 Å². The number of esters is 3. The second-order valence-electron chi connectivity index (χ2n) is 18.6. The second-order valence-corrected chi connectivity index (χ2v) is 18.6. The summed E-state index contributed by atoms with van der Waals surface area (Å²) >= 11 is 0. The molecule has 0 radical (unpaired) electrons. The van der Waals surface area contributed by atoms with Crippen molar-refractivity contribution < 1.29 is 28.6 Å². The lowest BCUT2D eigenvalue weighted by atomic mass is 9.99. The van der Waals surface area contributed by atoms with E-state index in [4.69, 9.17) is 14.2 Å². The number of hydrogen-bond donors (Lipinski definition) is 0. The second kappa shape index (κ2) is 45.9. The van der Waals surface area contributed by atoms with E-state index in [0.29, 0.717) is 19.3 Å². The van der Waals surface area contributed by atoms with E-state index in [1.165, 1.54) is 180 Å². The van der Waals surface area contributed by atoms with Crippen LogP contribution in [0.25, 0.3) is 0 Å². The smallest absolute Gasteiger partial charge is 0.306 e. The lowest BCUT2D eigenvalue weighted by Gasteiger charge is -2.18. The van der Waals surface area contributed by atoms with Gasteiger partial charge < -0.3 is 14.2 Å². The van der Waals surface area contributed by atoms with Gasteiger partial charge in [-0.05, 0) is 31.1 Å². The molecule has 2 unspecified atom stereocenters. The van der Waals surface area contributed by atoms with Crippen LogP contribution in [0.2, 0.25) is 0 Å². The summed E-state index contributed by atoms with van der Waals surface area (Å²) in [5.74, 6) is 0.915. The molecule has 6 heteroatoms. The molecule has 0 aromatic rings. The predicted octanol–water partition coefficient (Wildman–Crippen LogP) is 16.9. The van der Waals surface area contributed by atoms with Crippen LogP contribution in [-0.4, -0.2) is 37.2 Å². The quantitative estimate of drug-likeness (QED) is 0.0345. The molecule has 0 aromatic carbocycles. The van der Waals surface area contributed by atoms with Gasteiger partial charge in [0.15, 0.2) is 6.10 Å². The Kier molecular flexibility index (Phi) is 44.7. The van der Waals surface area contributed by atoms with Gasteiger partial charge in [-0.15, -0.1) is 0 Å². The molecule has 0 aliphatic carbocycles. The van der Waals surface area contributed by atoms with Crippen LogP contribution < -0.4 is 0 Å². The number of rotatable bonds is 47. The third-order valence-corrected chi connectivity index (χ3v) is 12.7. The first-order valence-corrected chi connectivity index (χ1v) is 26.3. The number of carbonyl (C=O) groups is 3. The Morgan fingerprint density at radius 2 is 0.593 bits per heavy atom. The molecule has 0 aliphatic rings. The lowest BCUT2D eigenvalue weighted by molar-refractivity contribution is -0.167. The van der Waals surface area contributed by atoms with E-state index in [-0.39, 0.29) is 31.1 Å². The number of ether oxygens (including phenoxy) is 3. The fourth-order valence-electron chi connectivity index (χ4n) is 7.93. The Balaban J connectivity index is 4.23. The van der Waals surface area contributed by atoms with Gasteiger partial charge in [0.1, 0.15) is 13.2 Å². The fourth-order valence-corrected chi connectivity index (χ4v) is 7.93. The number of unbranched alkanes of at least 4 members (excludes halogenated alkanes) is 30. The van der Waals surface area contributed by atoms with E-state index in [9.17, 15) is 14.4 Å². The summed E-state index contributed by atoms with van der Waals surface area (Å²) in [6.07, 6.45) is 46.5. The predicted molar refractivity (Wildman–Crippen MR) is 252 cm³/mol. The maximum atomic E-state index is 12.7. The molecular formula is C53H102O6. The van der Waals surface area contributed by atoms with Gasteiger partial charge in [0.25, 0.3) is 0 Å². The maximum absolute atomic E-state index is 12.7. The van der Waals surface area contributed by atoms with Crippen molar-refractivity contribution in [3.05, 3.63) is 0 Å². The minimum Gasteiger partial charge on any atom is -0.462 e. The summed E-state index contributed by atoms with van der Waals surface area (Å²) in [5, 5.41) is 0. The molecule has 0 aliphatic heterocycles. The molecule has 0 saturated heterocycles. The van der Waals surface area contributed by atoms with Crippen molar-refractivity contribution in [1.29, 1.82) is 0 Å². The highest BCUT2D eigenvalue weighted by Gasteiger charge is 2.19. The molecular weight excluding hydrogens is 733 g/mol. The van der Waals surface area contributed by atoms with Crippen LogP contribution in [-0.2, 0) is 28.6 Å². The van der Waals surface area contributed by atoms with Crippen LogP contribution in [0.3, 0.4) is 0 Å². The molecule has 0 aromatic heterocycles. The first-order valence-electron chi connectivity index (χ1n) is 26.3. The normalized spacial score (nSPS) is 13.0. The number of carbonyl (C=O) groups excluding carboxylic acids is 3. The van der Waals surface area contributed by atoms with Crippen LogP contribution >= 0.6 is 0 Å². The van der Waals surface area contributed by atoms with Gasteiger partial charge >= 0.3 is 17.9 Å². The van der Waals surface area contributed by atoms with E-state index in [0.717, 1.165) is 69.6 Å². The maximum Gasteiger partial charge on any atom is 0.306 e. The van der Waals surface area contributed by atoms with Crippen molar-refractivity contribution in [3.63, 3.8) is 0 Å². The van der Waals surface area contributed by atoms with Gasteiger partial charge in [0.05, 0.1) is 0 Å². The summed E-state index contributed by atoms with van der Waals surface area (Å²) < 4.78 is 16.8. The molecule has 0 amide bonds. The van der Waals surface area contributed by atoms with Crippen molar-refractivity contribution in [2.24, 2.45) is 11.8 Å². The molecule has 350 valence electrons. The number of hydrogen-bond acceptors (Lipinski definition) is 6. The van der Waals surface area contributed by atoms with Crippen LogP contribution in [0.5, 0.6) is 0 Å². The Morgan fingerprint density at radius 3 is 0.881 bits per heavy atom. The molecule has 0 spiro atoms. The summed E-state index contributed by atoms with van der Waals surface area (Å²) in [7, 11) is 0. The monoisotopic (exact) mass is 835 g/mol. The summed E-state index contributed by atoms with van der Waals surface area (Å²) in [6, 6.07) is 0. The van der Waals surface area contributed by atoms with Crippen LogP contribution in [0.4, 0.5) is 0 Å². The first kappa shape index (κ1) is 57.4. The molecule has 0 heterocycles. The summed E-state index contributed by atoms with van der Waals surface area (Å²) in [4.78, 5) is 37.9. The van der Waals surface area contributed by atoms with Gasteiger partial charge in [-0.25, -0.2) is 0 Å². The molecule has 3 atom stereocenters. The van der Waals surface area contributed by atoms with Gasteiger partial charge in [-0.1, -0.05) is 253 Å². The van der Waals surface area contributed by atoms with Gasteiger partial charge in [-0.3, -0.25) is 14.4 Å². The van der Waals surface area contributed by atoms with Gasteiger partial charge in [0.2, 0.25) is 0 Å². The highest BCUT2D eigenvalue weighted by atomic mass is 16.6. The minimum absolute atomic E-state index is 0.0638. The van der Waals surface area contributed by atoms with E-state index in [1.807, 2.05) is 0 Å². The Bertz CT molecular complexity index is 904. The van der Waals surface area contributed by atoms with Crippen LogP contribution in [0, 0.1) is 11.8 Å². The van der Waals surface area contributed by atoms with Crippen molar-refractivity contribution in [3.8, 4) is 0 Å². The lowest BCUT2D eigenvalue weighted by Crippen LogP contribution is -2.30. The third kappa shape index (κ3) is 44.3. The molecule has 0 N–H and O–H groups in total. The first-order chi connectivity index (χ1) is 28.8. The van der Waals surface area contributed by atoms with Crippen molar-refractivity contribution in [1.82, 2.24) is 0 Å².